The van der Waals surface area contributed by atoms with Crippen molar-refractivity contribution in [3.05, 3.63) is 59.5 Å². The Morgan fingerprint density at radius 1 is 1.18 bits per heavy atom. The summed E-state index contributed by atoms with van der Waals surface area (Å²) in [6, 6.07) is 12.8. The standard InChI is InChI=1S/C15H19NO/c1-3-9-16-15(13-7-5-4-6-8-13)14-10-12(2)17-11-14/h4-8,10-11,15-16H,3,9H2,1-2H3. The van der Waals surface area contributed by atoms with Crippen LogP contribution in [0.2, 0.25) is 0 Å². The molecule has 2 heteroatoms. The summed E-state index contributed by atoms with van der Waals surface area (Å²) in [6.45, 7) is 5.16. The van der Waals surface area contributed by atoms with Crippen molar-refractivity contribution in [1.29, 1.82) is 0 Å². The molecule has 1 N–H and O–H groups in total. The number of aryl methyl sites for hydroxylation is 1. The molecule has 0 aliphatic rings. The Bertz CT molecular complexity index is 447. The fraction of sp³-hybridized carbons (Fsp3) is 0.333. The van der Waals surface area contributed by atoms with Crippen LogP contribution in [0.5, 0.6) is 0 Å². The van der Waals surface area contributed by atoms with Gasteiger partial charge in [0.1, 0.15) is 5.76 Å². The highest BCUT2D eigenvalue weighted by Gasteiger charge is 2.14. The SMILES string of the molecule is CCCNC(c1ccccc1)c1coc(C)c1. The third-order valence-electron chi connectivity index (χ3n) is 2.82. The highest BCUT2D eigenvalue weighted by atomic mass is 16.3. The maximum Gasteiger partial charge on any atom is 0.101 e. The van der Waals surface area contributed by atoms with Crippen molar-refractivity contribution in [3.8, 4) is 0 Å². The fourth-order valence-corrected chi connectivity index (χ4v) is 1.98. The van der Waals surface area contributed by atoms with E-state index in [4.69, 9.17) is 4.42 Å². The molecule has 0 saturated heterocycles. The first kappa shape index (κ1) is 11.9. The molecule has 1 atom stereocenters. The van der Waals surface area contributed by atoms with Crippen molar-refractivity contribution in [2.45, 2.75) is 26.3 Å². The van der Waals surface area contributed by atoms with E-state index in [-0.39, 0.29) is 6.04 Å². The highest BCUT2D eigenvalue weighted by Crippen LogP contribution is 2.23. The van der Waals surface area contributed by atoms with Gasteiger partial charge in [-0.1, -0.05) is 37.3 Å². The van der Waals surface area contributed by atoms with Crippen LogP contribution in [0, 0.1) is 6.92 Å². The summed E-state index contributed by atoms with van der Waals surface area (Å²) in [5.41, 5.74) is 2.48. The molecule has 1 aromatic heterocycles. The first-order valence-corrected chi connectivity index (χ1v) is 6.14. The van der Waals surface area contributed by atoms with Gasteiger partial charge in [0.05, 0.1) is 12.3 Å². The molecule has 0 aliphatic heterocycles. The van der Waals surface area contributed by atoms with Gasteiger partial charge in [0.15, 0.2) is 0 Å². The van der Waals surface area contributed by atoms with E-state index >= 15 is 0 Å². The maximum absolute atomic E-state index is 5.41. The molecule has 1 heterocycles. The number of rotatable bonds is 5. The maximum atomic E-state index is 5.41. The van der Waals surface area contributed by atoms with E-state index in [0.29, 0.717) is 0 Å². The average molecular weight is 229 g/mol. The molecule has 0 amide bonds. The Kier molecular flexibility index (Phi) is 3.99. The number of hydrogen-bond donors (Lipinski definition) is 1. The molecule has 0 spiro atoms. The van der Waals surface area contributed by atoms with Gasteiger partial charge in [-0.25, -0.2) is 0 Å². The molecule has 0 bridgehead atoms. The highest BCUT2D eigenvalue weighted by molar-refractivity contribution is 5.30. The molecular formula is C15H19NO. The van der Waals surface area contributed by atoms with Gasteiger partial charge in [-0.05, 0) is 31.5 Å². The van der Waals surface area contributed by atoms with E-state index in [2.05, 4.69) is 42.6 Å². The normalized spacial score (nSPS) is 12.6. The lowest BCUT2D eigenvalue weighted by molar-refractivity contribution is 0.524. The molecule has 0 fully saturated rings. The predicted octanol–water partition coefficient (Wildman–Crippen LogP) is 3.68. The first-order chi connectivity index (χ1) is 8.31. The monoisotopic (exact) mass is 229 g/mol. The van der Waals surface area contributed by atoms with Crippen LogP contribution in [0.3, 0.4) is 0 Å². The van der Waals surface area contributed by atoms with Crippen LogP contribution in [-0.4, -0.2) is 6.54 Å². The molecule has 0 aliphatic carbocycles. The minimum atomic E-state index is 0.230. The second-order valence-corrected chi connectivity index (χ2v) is 4.29. The van der Waals surface area contributed by atoms with Gasteiger partial charge < -0.3 is 9.73 Å². The minimum Gasteiger partial charge on any atom is -0.469 e. The smallest absolute Gasteiger partial charge is 0.101 e. The molecule has 0 radical (unpaired) electrons. The Hall–Kier alpha value is -1.54. The number of benzene rings is 1. The molecule has 17 heavy (non-hydrogen) atoms. The van der Waals surface area contributed by atoms with Crippen LogP contribution in [0.15, 0.2) is 47.1 Å². The molecular weight excluding hydrogens is 210 g/mol. The minimum absolute atomic E-state index is 0.230. The largest absolute Gasteiger partial charge is 0.469 e. The zero-order valence-electron chi connectivity index (χ0n) is 10.4. The lowest BCUT2D eigenvalue weighted by Gasteiger charge is -2.17. The van der Waals surface area contributed by atoms with Crippen molar-refractivity contribution >= 4 is 0 Å². The molecule has 90 valence electrons. The zero-order chi connectivity index (χ0) is 12.1. The first-order valence-electron chi connectivity index (χ1n) is 6.14. The molecule has 1 unspecified atom stereocenters. The van der Waals surface area contributed by atoms with Gasteiger partial charge in [0.25, 0.3) is 0 Å². The van der Waals surface area contributed by atoms with Crippen molar-refractivity contribution in [3.63, 3.8) is 0 Å². The van der Waals surface area contributed by atoms with E-state index in [1.807, 2.05) is 19.3 Å². The summed E-state index contributed by atoms with van der Waals surface area (Å²) in [5.74, 6) is 0.958. The van der Waals surface area contributed by atoms with Gasteiger partial charge in [-0.3, -0.25) is 0 Å². The van der Waals surface area contributed by atoms with Gasteiger partial charge in [0.2, 0.25) is 0 Å². The predicted molar refractivity (Wildman–Crippen MR) is 70.0 cm³/mol. The lowest BCUT2D eigenvalue weighted by atomic mass is 10.0. The van der Waals surface area contributed by atoms with Crippen molar-refractivity contribution in [1.82, 2.24) is 5.32 Å². The summed E-state index contributed by atoms with van der Waals surface area (Å²) in [5, 5.41) is 3.56. The van der Waals surface area contributed by atoms with E-state index in [9.17, 15) is 0 Å². The average Bonchev–Trinajstić information content (AvgIpc) is 2.78. The van der Waals surface area contributed by atoms with Gasteiger partial charge >= 0.3 is 0 Å². The van der Waals surface area contributed by atoms with Crippen LogP contribution in [0.25, 0.3) is 0 Å². The van der Waals surface area contributed by atoms with Crippen LogP contribution in [0.1, 0.15) is 36.3 Å². The second kappa shape index (κ2) is 5.69. The summed E-state index contributed by atoms with van der Waals surface area (Å²) in [7, 11) is 0. The van der Waals surface area contributed by atoms with Crippen LogP contribution in [0.4, 0.5) is 0 Å². The topological polar surface area (TPSA) is 25.2 Å². The summed E-state index contributed by atoms with van der Waals surface area (Å²) >= 11 is 0. The van der Waals surface area contributed by atoms with E-state index in [0.717, 1.165) is 18.7 Å². The van der Waals surface area contributed by atoms with Crippen molar-refractivity contribution in [2.75, 3.05) is 6.54 Å². The molecule has 2 aromatic rings. The van der Waals surface area contributed by atoms with Crippen molar-refractivity contribution < 1.29 is 4.42 Å². The third kappa shape index (κ3) is 2.98. The lowest BCUT2D eigenvalue weighted by Crippen LogP contribution is -2.22. The number of hydrogen-bond acceptors (Lipinski definition) is 2. The van der Waals surface area contributed by atoms with Crippen LogP contribution >= 0.6 is 0 Å². The van der Waals surface area contributed by atoms with E-state index in [1.165, 1.54) is 11.1 Å². The Labute approximate surface area is 103 Å². The summed E-state index contributed by atoms with van der Waals surface area (Å²) < 4.78 is 5.41. The molecule has 2 rings (SSSR count). The zero-order valence-corrected chi connectivity index (χ0v) is 10.4. The second-order valence-electron chi connectivity index (χ2n) is 4.29. The Morgan fingerprint density at radius 2 is 1.94 bits per heavy atom. The Balaban J connectivity index is 2.25. The Morgan fingerprint density at radius 3 is 2.53 bits per heavy atom. The molecule has 2 nitrogen and oxygen atoms in total. The summed E-state index contributed by atoms with van der Waals surface area (Å²) in [4.78, 5) is 0. The van der Waals surface area contributed by atoms with Gasteiger partial charge in [-0.15, -0.1) is 0 Å². The number of furan rings is 1. The van der Waals surface area contributed by atoms with Crippen LogP contribution < -0.4 is 5.32 Å². The van der Waals surface area contributed by atoms with E-state index < -0.39 is 0 Å². The quantitative estimate of drug-likeness (QED) is 0.846. The van der Waals surface area contributed by atoms with Gasteiger partial charge in [0, 0.05) is 5.56 Å². The fourth-order valence-electron chi connectivity index (χ4n) is 1.98. The third-order valence-corrected chi connectivity index (χ3v) is 2.82. The molecule has 0 saturated carbocycles. The van der Waals surface area contributed by atoms with Crippen LogP contribution in [-0.2, 0) is 0 Å². The van der Waals surface area contributed by atoms with Gasteiger partial charge in [-0.2, -0.15) is 0 Å². The number of nitrogens with one attached hydrogen (secondary N) is 1. The molecule has 1 aromatic carbocycles. The summed E-state index contributed by atoms with van der Waals surface area (Å²) in [6.07, 6.45) is 2.97. The van der Waals surface area contributed by atoms with Crippen molar-refractivity contribution in [2.24, 2.45) is 0 Å². The van der Waals surface area contributed by atoms with E-state index in [1.54, 1.807) is 0 Å².